The molecule has 2 N–H and O–H groups in total. The van der Waals surface area contributed by atoms with E-state index in [1.165, 1.54) is 36.0 Å². The van der Waals surface area contributed by atoms with Gasteiger partial charge in [0, 0.05) is 12.8 Å². The van der Waals surface area contributed by atoms with Crippen LogP contribution in [-0.4, -0.2) is 16.7 Å². The highest BCUT2D eigenvalue weighted by Gasteiger charge is 2.37. The smallest absolute Gasteiger partial charge is 0.227 e. The van der Waals surface area contributed by atoms with Crippen LogP contribution in [0.2, 0.25) is 0 Å². The van der Waals surface area contributed by atoms with Gasteiger partial charge in [0.25, 0.3) is 0 Å². The predicted molar refractivity (Wildman–Crippen MR) is 82.1 cm³/mol. The first-order chi connectivity index (χ1) is 10.1. The molecule has 1 aliphatic rings. The van der Waals surface area contributed by atoms with Gasteiger partial charge in [-0.1, -0.05) is 40.9 Å². The van der Waals surface area contributed by atoms with Crippen molar-refractivity contribution in [1.29, 1.82) is 0 Å². The molecule has 0 radical (unpaired) electrons. The zero-order chi connectivity index (χ0) is 14.9. The number of hydrogen-bond donors (Lipinski definition) is 1. The molecule has 0 unspecified atom stereocenters. The Morgan fingerprint density at radius 2 is 1.90 bits per heavy atom. The van der Waals surface area contributed by atoms with Gasteiger partial charge in [-0.05, 0) is 44.2 Å². The summed E-state index contributed by atoms with van der Waals surface area (Å²) >= 11 is 0. The van der Waals surface area contributed by atoms with E-state index in [0.717, 1.165) is 24.6 Å². The van der Waals surface area contributed by atoms with Crippen molar-refractivity contribution in [2.75, 3.05) is 6.54 Å². The Morgan fingerprint density at radius 3 is 2.48 bits per heavy atom. The van der Waals surface area contributed by atoms with Gasteiger partial charge < -0.3 is 10.3 Å². The molecule has 0 saturated heterocycles. The van der Waals surface area contributed by atoms with Crippen molar-refractivity contribution in [3.05, 3.63) is 46.6 Å². The van der Waals surface area contributed by atoms with Crippen molar-refractivity contribution in [3.63, 3.8) is 0 Å². The summed E-state index contributed by atoms with van der Waals surface area (Å²) in [5.74, 6) is 1.50. The van der Waals surface area contributed by atoms with Crippen molar-refractivity contribution in [2.45, 2.75) is 46.0 Å². The van der Waals surface area contributed by atoms with Gasteiger partial charge in [-0.25, -0.2) is 0 Å². The summed E-state index contributed by atoms with van der Waals surface area (Å²) in [5.41, 5.74) is 9.87. The quantitative estimate of drug-likeness (QED) is 0.917. The van der Waals surface area contributed by atoms with E-state index in [4.69, 9.17) is 10.3 Å². The zero-order valence-electron chi connectivity index (χ0n) is 12.9. The maximum atomic E-state index is 5.89. The summed E-state index contributed by atoms with van der Waals surface area (Å²) in [7, 11) is 0. The minimum Gasteiger partial charge on any atom is -0.339 e. The SMILES string of the molecule is Cc1cc(C)cc(Cc2noc(CC3(CN)CCC3)n2)c1. The van der Waals surface area contributed by atoms with Crippen LogP contribution in [0.15, 0.2) is 22.7 Å². The molecule has 1 saturated carbocycles. The van der Waals surface area contributed by atoms with Crippen molar-refractivity contribution in [2.24, 2.45) is 11.1 Å². The fraction of sp³-hybridized carbons (Fsp3) is 0.529. The second-order valence-electron chi connectivity index (χ2n) is 6.51. The highest BCUT2D eigenvalue weighted by Crippen LogP contribution is 2.42. The van der Waals surface area contributed by atoms with Crippen molar-refractivity contribution >= 4 is 0 Å². The second-order valence-corrected chi connectivity index (χ2v) is 6.51. The Hall–Kier alpha value is -1.68. The summed E-state index contributed by atoms with van der Waals surface area (Å²) in [4.78, 5) is 4.55. The van der Waals surface area contributed by atoms with Gasteiger partial charge in [0.1, 0.15) is 0 Å². The van der Waals surface area contributed by atoms with E-state index in [1.807, 2.05) is 0 Å². The fourth-order valence-electron chi connectivity index (χ4n) is 3.24. The number of hydrogen-bond acceptors (Lipinski definition) is 4. The van der Waals surface area contributed by atoms with Crippen LogP contribution in [0.5, 0.6) is 0 Å². The van der Waals surface area contributed by atoms with Crippen molar-refractivity contribution in [1.82, 2.24) is 10.1 Å². The molecule has 1 aromatic carbocycles. The third-order valence-corrected chi connectivity index (χ3v) is 4.53. The minimum atomic E-state index is 0.212. The maximum absolute atomic E-state index is 5.89. The van der Waals surface area contributed by atoms with E-state index in [9.17, 15) is 0 Å². The number of aromatic nitrogens is 2. The van der Waals surface area contributed by atoms with Crippen LogP contribution >= 0.6 is 0 Å². The Labute approximate surface area is 125 Å². The van der Waals surface area contributed by atoms with E-state index in [1.54, 1.807) is 0 Å². The van der Waals surface area contributed by atoms with Gasteiger partial charge in [0.2, 0.25) is 5.89 Å². The first-order valence-electron chi connectivity index (χ1n) is 7.67. The van der Waals surface area contributed by atoms with Crippen LogP contribution < -0.4 is 5.73 Å². The highest BCUT2D eigenvalue weighted by molar-refractivity contribution is 5.30. The molecule has 1 aromatic heterocycles. The molecule has 2 aromatic rings. The van der Waals surface area contributed by atoms with Crippen LogP contribution in [0.25, 0.3) is 0 Å². The molecule has 0 aliphatic heterocycles. The molecule has 0 bridgehead atoms. The normalized spacial score (nSPS) is 16.7. The number of nitrogens with two attached hydrogens (primary N) is 1. The first kappa shape index (κ1) is 14.3. The van der Waals surface area contributed by atoms with Crippen LogP contribution in [0, 0.1) is 19.3 Å². The molecule has 1 heterocycles. The summed E-state index contributed by atoms with van der Waals surface area (Å²) in [6.07, 6.45) is 5.17. The lowest BCUT2D eigenvalue weighted by molar-refractivity contribution is 0.129. The van der Waals surface area contributed by atoms with E-state index in [0.29, 0.717) is 6.54 Å². The molecule has 3 rings (SSSR count). The van der Waals surface area contributed by atoms with Crippen molar-refractivity contribution in [3.8, 4) is 0 Å². The molecule has 0 amide bonds. The van der Waals surface area contributed by atoms with Gasteiger partial charge in [0.15, 0.2) is 5.82 Å². The summed E-state index contributed by atoms with van der Waals surface area (Å²) in [6, 6.07) is 6.53. The molecular weight excluding hydrogens is 262 g/mol. The predicted octanol–water partition coefficient (Wildman–Crippen LogP) is 2.95. The van der Waals surface area contributed by atoms with Crippen LogP contribution in [0.1, 0.15) is 47.7 Å². The van der Waals surface area contributed by atoms with E-state index in [2.05, 4.69) is 42.2 Å². The number of rotatable bonds is 5. The zero-order valence-corrected chi connectivity index (χ0v) is 12.9. The first-order valence-corrected chi connectivity index (χ1v) is 7.67. The second kappa shape index (κ2) is 5.60. The average molecular weight is 285 g/mol. The maximum Gasteiger partial charge on any atom is 0.227 e. The molecular formula is C17H23N3O. The largest absolute Gasteiger partial charge is 0.339 e. The van der Waals surface area contributed by atoms with Gasteiger partial charge in [-0.2, -0.15) is 4.98 Å². The Balaban J connectivity index is 1.70. The third kappa shape index (κ3) is 3.16. The molecule has 1 aliphatic carbocycles. The molecule has 0 spiro atoms. The van der Waals surface area contributed by atoms with E-state index >= 15 is 0 Å². The number of nitrogens with zero attached hydrogens (tertiary/aromatic N) is 2. The van der Waals surface area contributed by atoms with Gasteiger partial charge >= 0.3 is 0 Å². The molecule has 4 heteroatoms. The Kier molecular flexibility index (Phi) is 3.81. The Bertz CT molecular complexity index is 603. The summed E-state index contributed by atoms with van der Waals surface area (Å²) in [5, 5.41) is 4.12. The molecule has 112 valence electrons. The minimum absolute atomic E-state index is 0.212. The molecule has 1 fully saturated rings. The van der Waals surface area contributed by atoms with Gasteiger partial charge in [-0.3, -0.25) is 0 Å². The van der Waals surface area contributed by atoms with E-state index in [-0.39, 0.29) is 5.41 Å². The van der Waals surface area contributed by atoms with Gasteiger partial charge in [0.05, 0.1) is 0 Å². The molecule has 0 atom stereocenters. The lowest BCUT2D eigenvalue weighted by atomic mass is 9.67. The van der Waals surface area contributed by atoms with Crippen LogP contribution in [-0.2, 0) is 12.8 Å². The third-order valence-electron chi connectivity index (χ3n) is 4.53. The monoisotopic (exact) mass is 285 g/mol. The summed E-state index contributed by atoms with van der Waals surface area (Å²) in [6.45, 7) is 4.93. The number of benzene rings is 1. The fourth-order valence-corrected chi connectivity index (χ4v) is 3.24. The molecule has 4 nitrogen and oxygen atoms in total. The summed E-state index contributed by atoms with van der Waals surface area (Å²) < 4.78 is 5.41. The highest BCUT2D eigenvalue weighted by atomic mass is 16.5. The van der Waals surface area contributed by atoms with E-state index < -0.39 is 0 Å². The standard InChI is InChI=1S/C17H23N3O/c1-12-6-13(2)8-14(7-12)9-15-19-16(21-20-15)10-17(11-18)4-3-5-17/h6-8H,3-5,9-11,18H2,1-2H3. The lowest BCUT2D eigenvalue weighted by Gasteiger charge is -2.39. The average Bonchev–Trinajstić information content (AvgIpc) is 2.80. The molecule has 21 heavy (non-hydrogen) atoms. The van der Waals surface area contributed by atoms with Crippen molar-refractivity contribution < 1.29 is 4.52 Å². The van der Waals surface area contributed by atoms with Crippen LogP contribution in [0.4, 0.5) is 0 Å². The van der Waals surface area contributed by atoms with Gasteiger partial charge in [-0.15, -0.1) is 0 Å². The lowest BCUT2D eigenvalue weighted by Crippen LogP contribution is -2.39. The van der Waals surface area contributed by atoms with Crippen LogP contribution in [0.3, 0.4) is 0 Å². The number of aryl methyl sites for hydroxylation is 2. The Morgan fingerprint density at radius 1 is 1.19 bits per heavy atom. The topological polar surface area (TPSA) is 64.9 Å².